The first-order chi connectivity index (χ1) is 22.2. The summed E-state index contributed by atoms with van der Waals surface area (Å²) >= 11 is 0.976. The molecule has 3 aliphatic heterocycles. The minimum absolute atomic E-state index is 0.0458. The molecule has 1 aromatic carbocycles. The lowest BCUT2D eigenvalue weighted by Crippen LogP contribution is -2.61. The fourth-order valence-corrected chi connectivity index (χ4v) is 9.47. The predicted octanol–water partition coefficient (Wildman–Crippen LogP) is 4.41. The van der Waals surface area contributed by atoms with Crippen molar-refractivity contribution in [1.29, 1.82) is 0 Å². The van der Waals surface area contributed by atoms with E-state index < -0.39 is 42.7 Å². The number of fused-ring (bicyclic) bond motifs is 2. The first-order valence-corrected chi connectivity index (χ1v) is 18.8. The Morgan fingerprint density at radius 2 is 1.70 bits per heavy atom. The SMILES string of the molecule is CC(=O)N1CC[C@H]2CC[C@@H](C(=O)N3CCCCC4(CCCC4)C3)N2C(=O)[C@@H](NC(=O)c2cc3cc(C(F)(F)P(=O)(O)O)ccc3s2)C1. The Morgan fingerprint density at radius 3 is 2.38 bits per heavy atom. The van der Waals surface area contributed by atoms with Crippen LogP contribution in [0, 0.1) is 5.41 Å². The predicted molar refractivity (Wildman–Crippen MR) is 171 cm³/mol. The summed E-state index contributed by atoms with van der Waals surface area (Å²) in [6, 6.07) is 2.38. The quantitative estimate of drug-likeness (QED) is 0.393. The van der Waals surface area contributed by atoms with Crippen LogP contribution in [-0.4, -0.2) is 92.4 Å². The van der Waals surface area contributed by atoms with Gasteiger partial charge in [-0.2, -0.15) is 8.78 Å². The Labute approximate surface area is 275 Å². The number of nitrogens with one attached hydrogen (secondary N) is 1. The molecule has 2 aromatic rings. The highest BCUT2D eigenvalue weighted by molar-refractivity contribution is 7.52. The summed E-state index contributed by atoms with van der Waals surface area (Å²) in [6.07, 6.45) is 9.37. The summed E-state index contributed by atoms with van der Waals surface area (Å²) in [5.74, 6) is -1.38. The van der Waals surface area contributed by atoms with Crippen molar-refractivity contribution in [2.24, 2.45) is 5.41 Å². The molecule has 0 unspecified atom stereocenters. The van der Waals surface area contributed by atoms with E-state index in [0.717, 1.165) is 55.6 Å². The molecule has 1 aliphatic carbocycles. The van der Waals surface area contributed by atoms with Crippen LogP contribution in [0.5, 0.6) is 0 Å². The highest BCUT2D eigenvalue weighted by Gasteiger charge is 2.51. The van der Waals surface area contributed by atoms with Crippen LogP contribution < -0.4 is 5.32 Å². The molecule has 3 N–H and O–H groups in total. The van der Waals surface area contributed by atoms with E-state index in [2.05, 4.69) is 5.32 Å². The van der Waals surface area contributed by atoms with Gasteiger partial charge >= 0.3 is 13.3 Å². The molecule has 1 aromatic heterocycles. The number of carbonyl (C=O) groups excluding carboxylic acids is 4. The van der Waals surface area contributed by atoms with E-state index in [1.54, 1.807) is 4.90 Å². The molecule has 4 heterocycles. The molecule has 0 radical (unpaired) electrons. The van der Waals surface area contributed by atoms with Gasteiger partial charge in [-0.15, -0.1) is 11.3 Å². The van der Waals surface area contributed by atoms with Crippen molar-refractivity contribution in [1.82, 2.24) is 20.0 Å². The number of nitrogens with zero attached hydrogens (tertiary/aromatic N) is 3. The second-order valence-corrected chi connectivity index (χ2v) is 16.4. The van der Waals surface area contributed by atoms with Gasteiger partial charge in [0.25, 0.3) is 5.91 Å². The Morgan fingerprint density at radius 1 is 1.00 bits per heavy atom. The molecule has 1 saturated carbocycles. The minimum Gasteiger partial charge on any atom is -0.340 e. The number of hydrogen-bond acceptors (Lipinski definition) is 6. The number of halogens is 2. The van der Waals surface area contributed by atoms with E-state index in [1.807, 2.05) is 4.90 Å². The fourth-order valence-electron chi connectivity index (χ4n) is 8.05. The average Bonchev–Trinajstić information content (AvgIpc) is 3.72. The zero-order valence-electron chi connectivity index (χ0n) is 26.3. The Bertz CT molecular complexity index is 1620. The molecule has 4 aliphatic rings. The number of likely N-dealkylation sites (tertiary alicyclic amines) is 1. The number of alkyl halides is 2. The molecule has 1 spiro atoms. The van der Waals surface area contributed by atoms with Crippen LogP contribution in [0.3, 0.4) is 0 Å². The zero-order chi connectivity index (χ0) is 33.7. The molecule has 11 nitrogen and oxygen atoms in total. The molecule has 4 fully saturated rings. The Balaban J connectivity index is 1.24. The largest absolute Gasteiger partial charge is 0.399 e. The second-order valence-electron chi connectivity index (χ2n) is 13.6. The van der Waals surface area contributed by atoms with Crippen LogP contribution >= 0.6 is 18.9 Å². The molecule has 4 amide bonds. The van der Waals surface area contributed by atoms with Gasteiger partial charge in [-0.3, -0.25) is 23.7 Å². The van der Waals surface area contributed by atoms with Gasteiger partial charge in [0.2, 0.25) is 17.7 Å². The number of amides is 4. The van der Waals surface area contributed by atoms with E-state index in [9.17, 15) is 32.5 Å². The maximum Gasteiger partial charge on any atom is 0.399 e. The van der Waals surface area contributed by atoms with E-state index >= 15 is 0 Å². The standard InChI is InChI=1S/C32H41F2N4O7PS/c1-20(39)36-15-10-23-7-8-25(30(42)37-14-5-4-13-31(19-37)11-2-3-12-31)38(23)29(41)24(18-36)35-28(40)27-17-21-16-22(6-9-26(21)47-27)32(33,34)46(43,44)45/h6,9,16-17,23-25H,2-5,7-8,10-15,18-19H2,1H3,(H,35,40)(H2,43,44,45)/t23-,24+,25+/m1/s1. The minimum atomic E-state index is -5.78. The lowest BCUT2D eigenvalue weighted by molar-refractivity contribution is -0.149. The van der Waals surface area contributed by atoms with Crippen LogP contribution in [0.1, 0.15) is 86.4 Å². The van der Waals surface area contributed by atoms with Crippen LogP contribution in [0.15, 0.2) is 24.3 Å². The molecule has 0 bridgehead atoms. The second kappa shape index (κ2) is 12.8. The van der Waals surface area contributed by atoms with Crippen LogP contribution in [0.4, 0.5) is 8.78 Å². The molecular weight excluding hydrogens is 653 g/mol. The highest BCUT2D eigenvalue weighted by Crippen LogP contribution is 2.59. The van der Waals surface area contributed by atoms with Crippen molar-refractivity contribution >= 4 is 52.6 Å². The van der Waals surface area contributed by atoms with Crippen molar-refractivity contribution in [2.75, 3.05) is 26.2 Å². The van der Waals surface area contributed by atoms with Crippen LogP contribution in [-0.2, 0) is 24.6 Å². The number of benzene rings is 1. The van der Waals surface area contributed by atoms with E-state index in [1.165, 1.54) is 36.8 Å². The van der Waals surface area contributed by atoms with Crippen LogP contribution in [0.2, 0.25) is 0 Å². The van der Waals surface area contributed by atoms with E-state index in [-0.39, 0.29) is 40.1 Å². The third-order valence-corrected chi connectivity index (χ3v) is 12.7. The summed E-state index contributed by atoms with van der Waals surface area (Å²) in [6.45, 7) is 3.06. The fraction of sp³-hybridized carbons (Fsp3) is 0.625. The topological polar surface area (TPSA) is 148 Å². The lowest BCUT2D eigenvalue weighted by atomic mass is 9.81. The van der Waals surface area contributed by atoms with Gasteiger partial charge in [0.15, 0.2) is 0 Å². The van der Waals surface area contributed by atoms with Gasteiger partial charge in [-0.25, -0.2) is 0 Å². The highest BCUT2D eigenvalue weighted by atomic mass is 32.1. The molecule has 3 saturated heterocycles. The number of hydrogen-bond donors (Lipinski definition) is 3. The normalized spacial score (nSPS) is 25.4. The van der Waals surface area contributed by atoms with Gasteiger partial charge in [0.1, 0.15) is 12.1 Å². The number of rotatable bonds is 5. The van der Waals surface area contributed by atoms with Gasteiger partial charge in [-0.1, -0.05) is 25.3 Å². The molecule has 256 valence electrons. The third kappa shape index (κ3) is 6.58. The third-order valence-electron chi connectivity index (χ3n) is 10.6. The summed E-state index contributed by atoms with van der Waals surface area (Å²) in [5, 5.41) is 2.94. The number of carbonyl (C=O) groups is 4. The van der Waals surface area contributed by atoms with Crippen LogP contribution in [0.25, 0.3) is 10.1 Å². The van der Waals surface area contributed by atoms with Crippen molar-refractivity contribution in [2.45, 2.75) is 94.9 Å². The summed E-state index contributed by atoms with van der Waals surface area (Å²) in [4.78, 5) is 78.0. The van der Waals surface area contributed by atoms with Gasteiger partial charge in [0, 0.05) is 49.4 Å². The molecular formula is C32H41F2N4O7PS. The molecule has 3 atom stereocenters. The maximum absolute atomic E-state index is 14.4. The van der Waals surface area contributed by atoms with Gasteiger partial charge in [-0.05, 0) is 73.9 Å². The van der Waals surface area contributed by atoms with E-state index in [4.69, 9.17) is 9.79 Å². The molecule has 15 heteroatoms. The maximum atomic E-state index is 14.4. The van der Waals surface area contributed by atoms with Crippen molar-refractivity contribution in [3.8, 4) is 0 Å². The first kappa shape index (κ1) is 34.0. The molecule has 47 heavy (non-hydrogen) atoms. The first-order valence-electron chi connectivity index (χ1n) is 16.3. The summed E-state index contributed by atoms with van der Waals surface area (Å²) in [5.41, 5.74) is -5.13. The van der Waals surface area contributed by atoms with Gasteiger partial charge in [0.05, 0.1) is 4.88 Å². The average molecular weight is 695 g/mol. The van der Waals surface area contributed by atoms with Crippen molar-refractivity contribution in [3.63, 3.8) is 0 Å². The Hall–Kier alpha value is -2.93. The van der Waals surface area contributed by atoms with E-state index in [0.29, 0.717) is 43.6 Å². The summed E-state index contributed by atoms with van der Waals surface area (Å²) < 4.78 is 40.5. The number of thiophene rings is 1. The monoisotopic (exact) mass is 694 g/mol. The zero-order valence-corrected chi connectivity index (χ0v) is 28.0. The van der Waals surface area contributed by atoms with Crippen molar-refractivity contribution in [3.05, 3.63) is 34.7 Å². The lowest BCUT2D eigenvalue weighted by Gasteiger charge is -2.40. The summed E-state index contributed by atoms with van der Waals surface area (Å²) in [7, 11) is -5.78. The smallest absolute Gasteiger partial charge is 0.340 e. The van der Waals surface area contributed by atoms with Gasteiger partial charge < -0.3 is 29.8 Å². The Kier molecular flexibility index (Phi) is 9.27. The van der Waals surface area contributed by atoms with Crippen molar-refractivity contribution < 1.29 is 42.3 Å². The molecule has 6 rings (SSSR count).